The summed E-state index contributed by atoms with van der Waals surface area (Å²) in [5.41, 5.74) is 8.31. The molecule has 0 saturated carbocycles. The molecule has 10 heavy (non-hydrogen) atoms. The Morgan fingerprint density at radius 3 is 2.90 bits per heavy atom. The molecule has 1 aromatic rings. The van der Waals surface area contributed by atoms with Gasteiger partial charge in [0.15, 0.2) is 0 Å². The van der Waals surface area contributed by atoms with Gasteiger partial charge in [0.1, 0.15) is 5.00 Å². The second-order valence-electron chi connectivity index (χ2n) is 2.68. The molecule has 0 fully saturated rings. The van der Waals surface area contributed by atoms with Crippen LogP contribution in [-0.4, -0.2) is 4.37 Å². The molecular weight excluding hydrogens is 144 g/mol. The maximum Gasteiger partial charge on any atom is 0.110 e. The van der Waals surface area contributed by atoms with Crippen molar-refractivity contribution >= 4 is 16.5 Å². The van der Waals surface area contributed by atoms with Crippen molar-refractivity contribution in [3.05, 3.63) is 11.3 Å². The SMILES string of the molecule is Nc1snc2c1CCCC2. The molecule has 0 atom stereocenters. The van der Waals surface area contributed by atoms with Crippen molar-refractivity contribution < 1.29 is 0 Å². The van der Waals surface area contributed by atoms with Gasteiger partial charge in [0.2, 0.25) is 0 Å². The Labute approximate surface area is 64.2 Å². The standard InChI is InChI=1S/C7H10N2S/c8-7-5-3-1-2-4-6(5)9-10-7/h1-4,8H2. The van der Waals surface area contributed by atoms with Crippen molar-refractivity contribution in [3.63, 3.8) is 0 Å². The third kappa shape index (κ3) is 0.814. The Morgan fingerprint density at radius 2 is 2.10 bits per heavy atom. The summed E-state index contributed by atoms with van der Waals surface area (Å²) < 4.78 is 4.27. The van der Waals surface area contributed by atoms with Gasteiger partial charge in [-0.15, -0.1) is 0 Å². The lowest BCUT2D eigenvalue weighted by atomic mass is 9.98. The van der Waals surface area contributed by atoms with E-state index in [4.69, 9.17) is 5.73 Å². The summed E-state index contributed by atoms with van der Waals surface area (Å²) in [6, 6.07) is 0. The van der Waals surface area contributed by atoms with Gasteiger partial charge in [0.25, 0.3) is 0 Å². The van der Waals surface area contributed by atoms with E-state index in [-0.39, 0.29) is 0 Å². The first kappa shape index (κ1) is 6.16. The van der Waals surface area contributed by atoms with Crippen molar-refractivity contribution in [2.24, 2.45) is 0 Å². The number of rotatable bonds is 0. The Kier molecular flexibility index (Phi) is 1.38. The molecule has 1 heterocycles. The van der Waals surface area contributed by atoms with Crippen LogP contribution in [0.25, 0.3) is 0 Å². The van der Waals surface area contributed by atoms with Crippen molar-refractivity contribution in [2.75, 3.05) is 5.73 Å². The zero-order valence-electron chi connectivity index (χ0n) is 5.76. The van der Waals surface area contributed by atoms with E-state index in [0.29, 0.717) is 0 Å². The van der Waals surface area contributed by atoms with Crippen LogP contribution in [0, 0.1) is 0 Å². The first-order valence-corrected chi connectivity index (χ1v) is 4.38. The second kappa shape index (κ2) is 2.23. The lowest BCUT2D eigenvalue weighted by Gasteiger charge is -2.08. The number of hydrogen-bond donors (Lipinski definition) is 1. The Hall–Kier alpha value is -0.570. The van der Waals surface area contributed by atoms with E-state index >= 15 is 0 Å². The van der Waals surface area contributed by atoms with E-state index in [1.807, 2.05) is 0 Å². The molecule has 0 amide bonds. The van der Waals surface area contributed by atoms with E-state index in [9.17, 15) is 0 Å². The van der Waals surface area contributed by atoms with Gasteiger partial charge in [-0.25, -0.2) is 0 Å². The molecule has 54 valence electrons. The number of hydrogen-bond acceptors (Lipinski definition) is 3. The highest BCUT2D eigenvalue weighted by Crippen LogP contribution is 2.28. The third-order valence-electron chi connectivity index (χ3n) is 1.99. The highest BCUT2D eigenvalue weighted by molar-refractivity contribution is 7.10. The van der Waals surface area contributed by atoms with Gasteiger partial charge in [0.05, 0.1) is 5.69 Å². The summed E-state index contributed by atoms with van der Waals surface area (Å²) in [5, 5.41) is 0.940. The Balaban J connectivity index is 2.45. The molecule has 0 radical (unpaired) electrons. The van der Waals surface area contributed by atoms with Crippen LogP contribution in [0.2, 0.25) is 0 Å². The fourth-order valence-corrected chi connectivity index (χ4v) is 2.16. The van der Waals surface area contributed by atoms with Crippen molar-refractivity contribution in [3.8, 4) is 0 Å². The van der Waals surface area contributed by atoms with Gasteiger partial charge in [-0.3, -0.25) is 0 Å². The van der Waals surface area contributed by atoms with Gasteiger partial charge < -0.3 is 5.73 Å². The number of nitrogens with two attached hydrogens (primary N) is 1. The predicted octanol–water partition coefficient (Wildman–Crippen LogP) is 1.60. The molecule has 1 aliphatic carbocycles. The largest absolute Gasteiger partial charge is 0.389 e. The van der Waals surface area contributed by atoms with Gasteiger partial charge in [-0.1, -0.05) is 0 Å². The molecule has 2 N–H and O–H groups in total. The Bertz CT molecular complexity index is 242. The average molecular weight is 154 g/mol. The summed E-state index contributed by atoms with van der Waals surface area (Å²) in [7, 11) is 0. The van der Waals surface area contributed by atoms with E-state index in [1.54, 1.807) is 0 Å². The number of aromatic nitrogens is 1. The number of fused-ring (bicyclic) bond motifs is 1. The van der Waals surface area contributed by atoms with Crippen molar-refractivity contribution in [2.45, 2.75) is 25.7 Å². The smallest absolute Gasteiger partial charge is 0.110 e. The topological polar surface area (TPSA) is 38.9 Å². The van der Waals surface area contributed by atoms with E-state index < -0.39 is 0 Å². The third-order valence-corrected chi connectivity index (χ3v) is 2.75. The molecule has 0 spiro atoms. The quantitative estimate of drug-likeness (QED) is 0.616. The zero-order valence-corrected chi connectivity index (χ0v) is 6.58. The van der Waals surface area contributed by atoms with Crippen molar-refractivity contribution in [1.29, 1.82) is 0 Å². The summed E-state index contributed by atoms with van der Waals surface area (Å²) in [4.78, 5) is 0. The molecule has 0 bridgehead atoms. The minimum Gasteiger partial charge on any atom is -0.389 e. The average Bonchev–Trinajstić information content (AvgIpc) is 2.34. The molecule has 0 unspecified atom stereocenters. The lowest BCUT2D eigenvalue weighted by molar-refractivity contribution is 0.679. The molecule has 3 heteroatoms. The van der Waals surface area contributed by atoms with Crippen LogP contribution in [0.3, 0.4) is 0 Å². The molecule has 0 aromatic carbocycles. The fraction of sp³-hybridized carbons (Fsp3) is 0.571. The highest BCUT2D eigenvalue weighted by Gasteiger charge is 2.14. The highest BCUT2D eigenvalue weighted by atomic mass is 32.1. The minimum absolute atomic E-state index is 0.940. The van der Waals surface area contributed by atoms with Gasteiger partial charge >= 0.3 is 0 Å². The van der Waals surface area contributed by atoms with Crippen molar-refractivity contribution in [1.82, 2.24) is 4.37 Å². The number of aryl methyl sites for hydroxylation is 1. The summed E-state index contributed by atoms with van der Waals surface area (Å²) in [6.07, 6.45) is 4.87. The van der Waals surface area contributed by atoms with Gasteiger partial charge in [-0.2, -0.15) is 4.37 Å². The van der Waals surface area contributed by atoms with Gasteiger partial charge in [0, 0.05) is 5.56 Å². The minimum atomic E-state index is 0.940. The monoisotopic (exact) mass is 154 g/mol. The molecule has 1 aliphatic rings. The maximum atomic E-state index is 5.72. The van der Waals surface area contributed by atoms with Crippen LogP contribution in [0.15, 0.2) is 0 Å². The van der Waals surface area contributed by atoms with Gasteiger partial charge in [-0.05, 0) is 37.2 Å². The van der Waals surface area contributed by atoms with Crippen LogP contribution >= 0.6 is 11.5 Å². The molecule has 0 aliphatic heterocycles. The summed E-state index contributed by atoms with van der Waals surface area (Å²) in [6.45, 7) is 0. The first-order valence-electron chi connectivity index (χ1n) is 3.61. The van der Waals surface area contributed by atoms with Crippen LogP contribution in [0.4, 0.5) is 5.00 Å². The van der Waals surface area contributed by atoms with E-state index in [2.05, 4.69) is 4.37 Å². The number of nitrogen functional groups attached to an aromatic ring is 1. The molecule has 2 rings (SSSR count). The fourth-order valence-electron chi connectivity index (χ4n) is 1.41. The number of nitrogens with zero attached hydrogens (tertiary/aromatic N) is 1. The molecule has 1 aromatic heterocycles. The van der Waals surface area contributed by atoms with E-state index in [0.717, 1.165) is 17.8 Å². The van der Waals surface area contributed by atoms with Crippen LogP contribution in [-0.2, 0) is 12.8 Å². The maximum absolute atomic E-state index is 5.72. The van der Waals surface area contributed by atoms with E-state index in [1.165, 1.54) is 35.6 Å². The summed E-state index contributed by atoms with van der Waals surface area (Å²) in [5.74, 6) is 0. The number of anilines is 1. The lowest BCUT2D eigenvalue weighted by Crippen LogP contribution is -2.01. The zero-order chi connectivity index (χ0) is 6.97. The molecular formula is C7H10N2S. The van der Waals surface area contributed by atoms with Crippen LogP contribution in [0.1, 0.15) is 24.1 Å². The normalized spacial score (nSPS) is 16.8. The molecule has 2 nitrogen and oxygen atoms in total. The van der Waals surface area contributed by atoms with Crippen LogP contribution in [0.5, 0.6) is 0 Å². The first-order chi connectivity index (χ1) is 4.88. The van der Waals surface area contributed by atoms with Crippen LogP contribution < -0.4 is 5.73 Å². The Morgan fingerprint density at radius 1 is 1.30 bits per heavy atom. The predicted molar refractivity (Wildman–Crippen MR) is 43.2 cm³/mol. The second-order valence-corrected chi connectivity index (χ2v) is 3.48. The summed E-state index contributed by atoms with van der Waals surface area (Å²) >= 11 is 1.45. The molecule has 0 saturated heterocycles.